The van der Waals surface area contributed by atoms with Gasteiger partial charge < -0.3 is 19.6 Å². The smallest absolute Gasteiger partial charge is 0.348 e. The average Bonchev–Trinajstić information content (AvgIpc) is 2.56. The van der Waals surface area contributed by atoms with Gasteiger partial charge in [-0.05, 0) is 44.9 Å². The first-order chi connectivity index (χ1) is 11.1. The molecule has 1 aliphatic carbocycles. The molecular formula is C18H26N2O3. The molecule has 5 nitrogen and oxygen atoms in total. The Kier molecular flexibility index (Phi) is 4.76. The van der Waals surface area contributed by atoms with Gasteiger partial charge in [-0.2, -0.15) is 0 Å². The second-order valence-electron chi connectivity index (χ2n) is 6.75. The summed E-state index contributed by atoms with van der Waals surface area (Å²) in [6.07, 6.45) is 4.14. The van der Waals surface area contributed by atoms with Crippen LogP contribution in [0.3, 0.4) is 0 Å². The number of anilines is 1. The number of benzene rings is 1. The standard InChI is InChI=1S/C18H26N2O3/c1-19-10-12-20(13-11-19)15-6-5-7-16(14-15)23-18(17(21)22)8-3-2-4-9-18/h5-7,14H,2-4,8-13H2,1H3,(H,21,22). The Morgan fingerprint density at radius 2 is 1.83 bits per heavy atom. The van der Waals surface area contributed by atoms with Crippen molar-refractivity contribution < 1.29 is 14.6 Å². The van der Waals surface area contributed by atoms with Crippen molar-refractivity contribution in [3.05, 3.63) is 24.3 Å². The van der Waals surface area contributed by atoms with Crippen LogP contribution < -0.4 is 9.64 Å². The fraction of sp³-hybridized carbons (Fsp3) is 0.611. The topological polar surface area (TPSA) is 53.0 Å². The van der Waals surface area contributed by atoms with Crippen LogP contribution in [-0.2, 0) is 4.79 Å². The zero-order valence-electron chi connectivity index (χ0n) is 13.8. The summed E-state index contributed by atoms with van der Waals surface area (Å²) in [7, 11) is 2.14. The third-order valence-electron chi connectivity index (χ3n) is 5.05. The van der Waals surface area contributed by atoms with Crippen molar-refractivity contribution in [2.45, 2.75) is 37.7 Å². The first kappa shape index (κ1) is 16.1. The molecule has 0 unspecified atom stereocenters. The van der Waals surface area contributed by atoms with E-state index < -0.39 is 11.6 Å². The van der Waals surface area contributed by atoms with E-state index in [2.05, 4.69) is 22.9 Å². The highest BCUT2D eigenvalue weighted by atomic mass is 16.5. The van der Waals surface area contributed by atoms with Gasteiger partial charge in [0.05, 0.1) is 0 Å². The number of aliphatic carboxylic acids is 1. The normalized spacial score (nSPS) is 21.9. The van der Waals surface area contributed by atoms with E-state index >= 15 is 0 Å². The number of rotatable bonds is 4. The van der Waals surface area contributed by atoms with E-state index in [1.54, 1.807) is 0 Å². The molecule has 1 saturated heterocycles. The minimum Gasteiger partial charge on any atom is -0.478 e. The molecule has 1 saturated carbocycles. The molecule has 0 atom stereocenters. The van der Waals surface area contributed by atoms with Crippen molar-refractivity contribution in [3.8, 4) is 5.75 Å². The minimum absolute atomic E-state index is 0.598. The predicted octanol–water partition coefficient (Wildman–Crippen LogP) is 2.60. The molecule has 1 aromatic rings. The first-order valence-corrected chi connectivity index (χ1v) is 8.55. The molecule has 126 valence electrons. The van der Waals surface area contributed by atoms with Gasteiger partial charge in [0.25, 0.3) is 0 Å². The summed E-state index contributed by atoms with van der Waals surface area (Å²) in [5.41, 5.74) is 0.0749. The zero-order chi connectivity index (χ0) is 16.3. The molecule has 2 fully saturated rings. The second kappa shape index (κ2) is 6.79. The molecule has 1 N–H and O–H groups in total. The molecule has 3 rings (SSSR count). The molecule has 0 bridgehead atoms. The maximum Gasteiger partial charge on any atom is 0.348 e. The summed E-state index contributed by atoms with van der Waals surface area (Å²) in [5.74, 6) is -0.159. The lowest BCUT2D eigenvalue weighted by Gasteiger charge is -2.35. The Bertz CT molecular complexity index is 547. The quantitative estimate of drug-likeness (QED) is 0.925. The molecule has 2 aliphatic rings. The molecule has 5 heteroatoms. The Balaban J connectivity index is 1.75. The number of carboxylic acid groups (broad SMARTS) is 1. The van der Waals surface area contributed by atoms with Crippen molar-refractivity contribution in [1.82, 2.24) is 4.90 Å². The van der Waals surface area contributed by atoms with Gasteiger partial charge in [-0.25, -0.2) is 4.79 Å². The van der Waals surface area contributed by atoms with Crippen molar-refractivity contribution in [2.24, 2.45) is 0 Å². The van der Waals surface area contributed by atoms with Crippen LogP contribution in [0.5, 0.6) is 5.75 Å². The molecule has 0 radical (unpaired) electrons. The summed E-state index contributed by atoms with van der Waals surface area (Å²) in [4.78, 5) is 16.4. The summed E-state index contributed by atoms with van der Waals surface area (Å²) in [5, 5.41) is 9.66. The number of hydrogen-bond acceptors (Lipinski definition) is 4. The SMILES string of the molecule is CN1CCN(c2cccc(OC3(C(=O)O)CCCCC3)c2)CC1. The van der Waals surface area contributed by atoms with Crippen molar-refractivity contribution in [3.63, 3.8) is 0 Å². The molecule has 1 heterocycles. The van der Waals surface area contributed by atoms with Crippen LogP contribution in [0.2, 0.25) is 0 Å². The monoisotopic (exact) mass is 318 g/mol. The van der Waals surface area contributed by atoms with Gasteiger partial charge in [0.15, 0.2) is 0 Å². The largest absolute Gasteiger partial charge is 0.478 e. The van der Waals surface area contributed by atoms with Gasteiger partial charge in [-0.3, -0.25) is 0 Å². The van der Waals surface area contributed by atoms with E-state index in [0.29, 0.717) is 18.6 Å². The fourth-order valence-corrected chi connectivity index (χ4v) is 3.52. The third kappa shape index (κ3) is 3.61. The van der Waals surface area contributed by atoms with Crippen LogP contribution in [0.1, 0.15) is 32.1 Å². The first-order valence-electron chi connectivity index (χ1n) is 8.55. The fourth-order valence-electron chi connectivity index (χ4n) is 3.52. The van der Waals surface area contributed by atoms with Crippen LogP contribution >= 0.6 is 0 Å². The van der Waals surface area contributed by atoms with Gasteiger partial charge in [0, 0.05) is 37.9 Å². The maximum absolute atomic E-state index is 11.8. The van der Waals surface area contributed by atoms with Gasteiger partial charge in [0.2, 0.25) is 5.60 Å². The molecule has 1 aromatic carbocycles. The van der Waals surface area contributed by atoms with Crippen LogP contribution in [0, 0.1) is 0 Å². The van der Waals surface area contributed by atoms with Crippen molar-refractivity contribution in [2.75, 3.05) is 38.1 Å². The van der Waals surface area contributed by atoms with Crippen LogP contribution in [0.25, 0.3) is 0 Å². The van der Waals surface area contributed by atoms with Crippen LogP contribution in [0.15, 0.2) is 24.3 Å². The van der Waals surface area contributed by atoms with Gasteiger partial charge in [-0.1, -0.05) is 12.5 Å². The molecule has 0 amide bonds. The molecule has 23 heavy (non-hydrogen) atoms. The number of piperazine rings is 1. The van der Waals surface area contributed by atoms with Crippen molar-refractivity contribution in [1.29, 1.82) is 0 Å². The Morgan fingerprint density at radius 1 is 1.13 bits per heavy atom. The number of ether oxygens (including phenoxy) is 1. The highest BCUT2D eigenvalue weighted by molar-refractivity contribution is 5.78. The molecule has 1 aliphatic heterocycles. The predicted molar refractivity (Wildman–Crippen MR) is 90.2 cm³/mol. The van der Waals surface area contributed by atoms with Gasteiger partial charge in [0.1, 0.15) is 5.75 Å². The number of carboxylic acids is 1. The summed E-state index contributed by atoms with van der Waals surface area (Å²) >= 11 is 0. The van der Waals surface area contributed by atoms with E-state index in [4.69, 9.17) is 4.74 Å². The maximum atomic E-state index is 11.8. The molecule has 0 spiro atoms. The lowest BCUT2D eigenvalue weighted by atomic mass is 9.84. The molecule has 0 aromatic heterocycles. The summed E-state index contributed by atoms with van der Waals surface area (Å²) in [6.45, 7) is 4.07. The average molecular weight is 318 g/mol. The highest BCUT2D eigenvalue weighted by Gasteiger charge is 2.42. The summed E-state index contributed by atoms with van der Waals surface area (Å²) in [6, 6.07) is 7.90. The Morgan fingerprint density at radius 3 is 2.48 bits per heavy atom. The Hall–Kier alpha value is -1.75. The second-order valence-corrected chi connectivity index (χ2v) is 6.75. The van der Waals surface area contributed by atoms with Crippen LogP contribution in [-0.4, -0.2) is 54.8 Å². The Labute approximate surface area is 137 Å². The summed E-state index contributed by atoms with van der Waals surface area (Å²) < 4.78 is 6.02. The molecular weight excluding hydrogens is 292 g/mol. The van der Waals surface area contributed by atoms with Crippen molar-refractivity contribution >= 4 is 11.7 Å². The number of carbonyl (C=O) groups is 1. The number of hydrogen-bond donors (Lipinski definition) is 1. The van der Waals surface area contributed by atoms with E-state index in [0.717, 1.165) is 51.1 Å². The minimum atomic E-state index is -1.04. The lowest BCUT2D eigenvalue weighted by molar-refractivity contribution is -0.158. The number of likely N-dealkylation sites (N-methyl/N-ethyl adjacent to an activating group) is 1. The lowest BCUT2D eigenvalue weighted by Crippen LogP contribution is -2.46. The van der Waals surface area contributed by atoms with Crippen LogP contribution in [0.4, 0.5) is 5.69 Å². The van der Waals surface area contributed by atoms with E-state index in [9.17, 15) is 9.90 Å². The van der Waals surface area contributed by atoms with Gasteiger partial charge in [-0.15, -0.1) is 0 Å². The zero-order valence-corrected chi connectivity index (χ0v) is 13.8. The third-order valence-corrected chi connectivity index (χ3v) is 5.05. The van der Waals surface area contributed by atoms with E-state index in [1.165, 1.54) is 0 Å². The highest BCUT2D eigenvalue weighted by Crippen LogP contribution is 2.34. The number of nitrogens with zero attached hydrogens (tertiary/aromatic N) is 2. The van der Waals surface area contributed by atoms with E-state index in [-0.39, 0.29) is 0 Å². The van der Waals surface area contributed by atoms with Gasteiger partial charge >= 0.3 is 5.97 Å². The van der Waals surface area contributed by atoms with E-state index in [1.807, 2.05) is 18.2 Å².